The number of nitrogens with one attached hydrogen (secondary N) is 3. The van der Waals surface area contributed by atoms with Crippen molar-refractivity contribution in [1.29, 1.82) is 0 Å². The molecule has 12 aromatic rings. The Hall–Kier alpha value is -11.7. The maximum Gasteiger partial charge on any atom is 0.510 e. The number of phosphoric acid groups is 1. The summed E-state index contributed by atoms with van der Waals surface area (Å²) in [7, 11) is -4.62. The topological polar surface area (TPSA) is 448 Å². The number of pyridine rings is 3. The number of hydrogen-bond donors (Lipinski definition) is 6. The Morgan fingerprint density at radius 1 is 0.484 bits per heavy atom. The lowest BCUT2D eigenvalue weighted by molar-refractivity contribution is -0.137. The van der Waals surface area contributed by atoms with Gasteiger partial charge < -0.3 is 54.7 Å². The number of hydrogen-bond acceptors (Lipinski definition) is 29. The molecule has 12 heterocycles. The Balaban J connectivity index is 0.000000164. The number of thiazole rings is 3. The van der Waals surface area contributed by atoms with Crippen LogP contribution < -0.4 is 16.0 Å². The molecule has 47 heteroatoms. The van der Waals surface area contributed by atoms with Crippen LogP contribution in [-0.2, 0) is 61.9 Å². The Bertz CT molecular complexity index is 5810. The highest BCUT2D eigenvalue weighted by Gasteiger charge is 2.33. The van der Waals surface area contributed by atoms with Crippen molar-refractivity contribution in [2.75, 3.05) is 49.2 Å². The van der Waals surface area contributed by atoms with Gasteiger partial charge in [0.05, 0.1) is 91.3 Å². The third-order valence-electron chi connectivity index (χ3n) is 19.9. The van der Waals surface area contributed by atoms with Crippen molar-refractivity contribution in [3.63, 3.8) is 0 Å². The van der Waals surface area contributed by atoms with Crippen molar-refractivity contribution in [1.82, 2.24) is 88.6 Å². The molecule has 0 saturated heterocycles. The monoisotopic (exact) mass is 1830 g/mol. The molecule has 3 amide bonds. The van der Waals surface area contributed by atoms with Gasteiger partial charge in [0.25, 0.3) is 17.7 Å². The summed E-state index contributed by atoms with van der Waals surface area (Å²) in [6.45, 7) is 9.61. The number of ether oxygens (including phenoxy) is 5. The SMILES string of the molecule is CCOC1CCC(n2cc(NC(=O)c3csc(-c4cnn(CC(=O)O)c4)n3)c(-c3nc(F)ccc3F)n2)CC1.CCOC1CCC(n2cc(NC(=O)c3csc(-c4cnn(CCO)c4)n3)c(-c3nc(F)ccc3F)n2)CC1.CCOC1CCC(n2cc(NC(=O)c3csc(-c4cnn(COP(=O)(O)OCOC(=O)OC(C)C)c4)n3)c(-c3nc(F)ccc3F)n2)CC1. The van der Waals surface area contributed by atoms with Crippen molar-refractivity contribution < 1.29 is 103 Å². The van der Waals surface area contributed by atoms with Crippen LogP contribution in [0.1, 0.15) is 161 Å². The summed E-state index contributed by atoms with van der Waals surface area (Å²) in [4.78, 5) is 95.9. The summed E-state index contributed by atoms with van der Waals surface area (Å²) in [5, 5.41) is 58.1. The Labute approximate surface area is 726 Å². The van der Waals surface area contributed by atoms with Crippen molar-refractivity contribution in [3.05, 3.63) is 161 Å². The molecule has 15 rings (SSSR count). The Kier molecular flexibility index (Phi) is 31.0. The number of carbonyl (C=O) groups excluding carboxylic acids is 4. The largest absolute Gasteiger partial charge is 0.510 e. The number of nitrogens with zero attached hydrogens (tertiary/aromatic N) is 18. The third kappa shape index (κ3) is 24.1. The molecule has 0 aliphatic heterocycles. The first-order valence-electron chi connectivity index (χ1n) is 39.9. The number of amides is 3. The van der Waals surface area contributed by atoms with Crippen molar-refractivity contribution in [2.45, 2.75) is 174 Å². The average Bonchev–Trinajstić information content (AvgIpc) is 1.64. The number of rotatable bonds is 32. The van der Waals surface area contributed by atoms with Crippen LogP contribution in [0.2, 0.25) is 0 Å². The van der Waals surface area contributed by atoms with Crippen LogP contribution in [0.25, 0.3) is 65.9 Å². The molecule has 0 bridgehead atoms. The lowest BCUT2D eigenvalue weighted by Gasteiger charge is -2.28. The van der Waals surface area contributed by atoms with Crippen LogP contribution in [0.15, 0.2) is 108 Å². The second kappa shape index (κ2) is 42.5. The third-order valence-corrected chi connectivity index (χ3v) is 23.4. The molecule has 3 saturated carbocycles. The molecule has 3 fully saturated rings. The average molecular weight is 1830 g/mol. The van der Waals surface area contributed by atoms with E-state index in [4.69, 9.17) is 33.7 Å². The standard InChI is InChI=1S/C29H34F2N7O9PS.C25H25F2N7O4S.C25H27F2N7O3S/c1-4-43-20-7-5-19(6-8-20)38-13-22(26(36-38)25-21(30)9-10-24(31)35-25)33-27(39)23-14-49-28(34-23)18-11-32-37(12-18)15-45-48(41,42)46-16-44-29(40)47-17(2)3;1-2-38-16-5-3-15(4-6-16)34-11-18(23(32-34)22-17(26)7-8-20(27)31-22)29-24(37)19-13-39-25(30-19)14-9-28-33(10-14)12-21(35)36;1-2-37-17-5-3-16(4-6-17)34-13-19(23(32-34)22-18(26)7-8-21(27)31-22)29-24(36)20-14-38-25(30-20)15-11-28-33(12-15)9-10-35/h9-14,17,19-20H,4-8,15-16H2,1-3H3,(H,33,39)(H,41,42);7-11,13,15-16H,2-6,12H2,1H3,(H,29,37)(H,35,36);7-8,11-14,16-17,35H,2-6,9-10H2,1H3,(H,29,36). The van der Waals surface area contributed by atoms with Crippen LogP contribution in [0, 0.1) is 35.3 Å². The van der Waals surface area contributed by atoms with E-state index in [9.17, 15) is 59.8 Å². The predicted octanol–water partition coefficient (Wildman–Crippen LogP) is 14.6. The number of carboxylic acid groups (broad SMARTS) is 1. The van der Waals surface area contributed by atoms with Gasteiger partial charge in [0.1, 0.15) is 72.8 Å². The summed E-state index contributed by atoms with van der Waals surface area (Å²) < 4.78 is 143. The Morgan fingerprint density at radius 2 is 0.833 bits per heavy atom. The van der Waals surface area contributed by atoms with Crippen molar-refractivity contribution in [3.8, 4) is 65.9 Å². The van der Waals surface area contributed by atoms with Gasteiger partial charge in [-0.25, -0.2) is 61.6 Å². The maximum absolute atomic E-state index is 14.8. The van der Waals surface area contributed by atoms with Crippen LogP contribution in [0.5, 0.6) is 0 Å². The summed E-state index contributed by atoms with van der Waals surface area (Å²) in [5.74, 6) is -7.71. The highest BCUT2D eigenvalue weighted by Crippen LogP contribution is 2.44. The van der Waals surface area contributed by atoms with Crippen molar-refractivity contribution in [2.24, 2.45) is 0 Å². The van der Waals surface area contributed by atoms with E-state index in [1.165, 1.54) is 62.2 Å². The van der Waals surface area contributed by atoms with Gasteiger partial charge in [-0.15, -0.1) is 34.0 Å². The number of carbonyl (C=O) groups is 5. The lowest BCUT2D eigenvalue weighted by atomic mass is 9.93. The second-order valence-electron chi connectivity index (χ2n) is 29.0. The molecule has 126 heavy (non-hydrogen) atoms. The minimum Gasteiger partial charge on any atom is -0.480 e. The minimum atomic E-state index is -4.62. The molecule has 1 unspecified atom stereocenters. The van der Waals surface area contributed by atoms with E-state index in [1.807, 2.05) is 20.8 Å². The Morgan fingerprint density at radius 3 is 1.18 bits per heavy atom. The molecule has 6 N–H and O–H groups in total. The number of carboxylic acids is 1. The van der Waals surface area contributed by atoms with Gasteiger partial charge in [-0.05, 0) is 148 Å². The van der Waals surface area contributed by atoms with Gasteiger partial charge in [0.2, 0.25) is 24.6 Å². The molecular weight excluding hydrogens is 1740 g/mol. The van der Waals surface area contributed by atoms with Crippen LogP contribution in [0.3, 0.4) is 0 Å². The normalized spacial score (nSPS) is 17.5. The van der Waals surface area contributed by atoms with Gasteiger partial charge in [-0.1, -0.05) is 0 Å². The first kappa shape index (κ1) is 92.0. The van der Waals surface area contributed by atoms with Gasteiger partial charge >= 0.3 is 19.9 Å². The number of anilines is 3. The molecule has 3 aliphatic rings. The van der Waals surface area contributed by atoms with Gasteiger partial charge in [-0.2, -0.15) is 43.8 Å². The second-order valence-corrected chi connectivity index (χ2v) is 33.0. The van der Waals surface area contributed by atoms with E-state index >= 15 is 0 Å². The summed E-state index contributed by atoms with van der Waals surface area (Å²) in [6.07, 6.45) is 22.7. The molecule has 0 spiro atoms. The zero-order valence-corrected chi connectivity index (χ0v) is 71.6. The van der Waals surface area contributed by atoms with E-state index in [0.717, 1.165) is 125 Å². The van der Waals surface area contributed by atoms with Gasteiger partial charge in [-0.3, -0.25) is 47.1 Å². The van der Waals surface area contributed by atoms with E-state index in [1.54, 1.807) is 74.3 Å². The van der Waals surface area contributed by atoms with Crippen LogP contribution in [0.4, 0.5) is 48.2 Å². The van der Waals surface area contributed by atoms with E-state index in [0.29, 0.717) is 58.1 Å². The predicted molar refractivity (Wildman–Crippen MR) is 443 cm³/mol. The molecule has 12 aromatic heterocycles. The first-order valence-corrected chi connectivity index (χ1v) is 44.1. The fourth-order valence-corrected chi connectivity index (χ4v) is 16.8. The van der Waals surface area contributed by atoms with Crippen LogP contribution in [-0.4, -0.2) is 191 Å². The molecule has 668 valence electrons. The van der Waals surface area contributed by atoms with E-state index < -0.39 is 92.6 Å². The zero-order chi connectivity index (χ0) is 89.3. The highest BCUT2D eigenvalue weighted by atomic mass is 32.1. The van der Waals surface area contributed by atoms with E-state index in [2.05, 4.69) is 85.7 Å². The first-order chi connectivity index (χ1) is 60.6. The summed E-state index contributed by atoms with van der Waals surface area (Å²) in [6, 6.07) is 5.62. The molecule has 3 aliphatic carbocycles. The smallest absolute Gasteiger partial charge is 0.480 e. The van der Waals surface area contributed by atoms with Gasteiger partial charge in [0, 0.05) is 89.8 Å². The van der Waals surface area contributed by atoms with Gasteiger partial charge in [0.15, 0.2) is 24.2 Å². The van der Waals surface area contributed by atoms with Crippen LogP contribution >= 0.6 is 41.8 Å². The maximum atomic E-state index is 14.8. The molecule has 37 nitrogen and oxygen atoms in total. The molecule has 1 atom stereocenters. The molecular formula is C79H86F6N21O16PS3. The summed E-state index contributed by atoms with van der Waals surface area (Å²) >= 11 is 3.57. The zero-order valence-electron chi connectivity index (χ0n) is 68.2. The van der Waals surface area contributed by atoms with Crippen molar-refractivity contribution >= 4 is 88.7 Å². The van der Waals surface area contributed by atoms with E-state index in [-0.39, 0.29) is 118 Å². The number of aromatic nitrogens is 18. The fraction of sp³-hybridized carbons (Fsp3) is 0.405. The summed E-state index contributed by atoms with van der Waals surface area (Å²) in [5.41, 5.74) is 1.62. The molecule has 0 aromatic carbocycles. The number of halogens is 6. The number of aliphatic carboxylic acids is 1. The minimum absolute atomic E-state index is 0.00376. The fourth-order valence-electron chi connectivity index (χ4n) is 14.0. The number of phosphoric ester groups is 1. The highest BCUT2D eigenvalue weighted by molar-refractivity contribution is 7.47. The number of aliphatic hydroxyl groups excluding tert-OH is 1. The lowest BCUT2D eigenvalue weighted by Crippen LogP contribution is -2.24. The number of aliphatic hydroxyl groups is 1. The quantitative estimate of drug-likeness (QED) is 0.00749. The molecule has 0 radical (unpaired) electrons.